The van der Waals surface area contributed by atoms with Crippen molar-refractivity contribution in [1.82, 2.24) is 0 Å². The molecule has 0 bridgehead atoms. The van der Waals surface area contributed by atoms with Gasteiger partial charge in [0.15, 0.2) is 11.6 Å². The smallest absolute Gasteiger partial charge is 0.310 e. The van der Waals surface area contributed by atoms with Gasteiger partial charge in [-0.1, -0.05) is 6.07 Å². The molecule has 0 aromatic heterocycles. The van der Waals surface area contributed by atoms with Crippen molar-refractivity contribution in [3.8, 4) is 0 Å². The van der Waals surface area contributed by atoms with Crippen molar-refractivity contribution in [2.75, 3.05) is 12.4 Å². The molecule has 1 aromatic carbocycles. The van der Waals surface area contributed by atoms with Gasteiger partial charge in [0.05, 0.1) is 18.7 Å². The van der Waals surface area contributed by atoms with Crippen LogP contribution >= 0.6 is 0 Å². The summed E-state index contributed by atoms with van der Waals surface area (Å²) >= 11 is 0. The third kappa shape index (κ3) is 3.15. The molecule has 94 valence electrons. The summed E-state index contributed by atoms with van der Waals surface area (Å²) < 4.78 is 30.9. The molecule has 0 heterocycles. The Morgan fingerprint density at radius 1 is 1.35 bits per heavy atom. The van der Waals surface area contributed by atoms with Gasteiger partial charge in [0.25, 0.3) is 0 Å². The molecule has 1 rings (SSSR count). The van der Waals surface area contributed by atoms with Gasteiger partial charge in [-0.15, -0.1) is 0 Å². The highest BCUT2D eigenvalue weighted by Gasteiger charge is 2.21. The molecule has 0 spiro atoms. The molecule has 0 aliphatic heterocycles. The maximum atomic E-state index is 13.4. The van der Waals surface area contributed by atoms with Crippen molar-refractivity contribution < 1.29 is 18.3 Å². The van der Waals surface area contributed by atoms with E-state index in [1.807, 2.05) is 0 Å². The largest absolute Gasteiger partial charge is 0.469 e. The molecule has 1 aromatic rings. The van der Waals surface area contributed by atoms with E-state index in [0.29, 0.717) is 0 Å². The first kappa shape index (κ1) is 13.4. The molecule has 1 N–H and O–H groups in total. The van der Waals surface area contributed by atoms with Gasteiger partial charge in [-0.25, -0.2) is 8.78 Å². The average Bonchev–Trinajstić information content (AvgIpc) is 2.32. The number of hydrogen-bond donors (Lipinski definition) is 1. The number of methoxy groups -OCH3 is 1. The second kappa shape index (κ2) is 5.61. The summed E-state index contributed by atoms with van der Waals surface area (Å²) in [6.45, 7) is 3.35. The molecule has 0 saturated heterocycles. The van der Waals surface area contributed by atoms with Crippen LogP contribution in [0.4, 0.5) is 14.5 Å². The maximum Gasteiger partial charge on any atom is 0.310 e. The third-order valence-corrected chi connectivity index (χ3v) is 2.66. The van der Waals surface area contributed by atoms with Crippen molar-refractivity contribution >= 4 is 11.7 Å². The number of esters is 1. The molecule has 0 radical (unpaired) electrons. The monoisotopic (exact) mass is 243 g/mol. The minimum Gasteiger partial charge on any atom is -0.469 e. The zero-order valence-electron chi connectivity index (χ0n) is 9.96. The Balaban J connectivity index is 2.77. The third-order valence-electron chi connectivity index (χ3n) is 2.66. The van der Waals surface area contributed by atoms with Crippen molar-refractivity contribution in [1.29, 1.82) is 0 Å². The predicted molar refractivity (Wildman–Crippen MR) is 60.6 cm³/mol. The molecule has 3 nitrogen and oxygen atoms in total. The summed E-state index contributed by atoms with van der Waals surface area (Å²) in [6.07, 6.45) is 0. The van der Waals surface area contributed by atoms with Crippen LogP contribution in [0.3, 0.4) is 0 Å². The van der Waals surface area contributed by atoms with E-state index in [1.165, 1.54) is 19.2 Å². The van der Waals surface area contributed by atoms with Gasteiger partial charge < -0.3 is 10.1 Å². The van der Waals surface area contributed by atoms with Crippen LogP contribution < -0.4 is 5.32 Å². The van der Waals surface area contributed by atoms with Gasteiger partial charge >= 0.3 is 5.97 Å². The first-order valence-corrected chi connectivity index (χ1v) is 5.25. The number of ether oxygens (including phenoxy) is 1. The lowest BCUT2D eigenvalue weighted by atomic mass is 10.0. The number of halogens is 2. The number of benzene rings is 1. The Morgan fingerprint density at radius 3 is 2.59 bits per heavy atom. The molecule has 0 aliphatic carbocycles. The molecule has 2 atom stereocenters. The zero-order valence-corrected chi connectivity index (χ0v) is 9.96. The fourth-order valence-corrected chi connectivity index (χ4v) is 1.38. The number of rotatable bonds is 4. The van der Waals surface area contributed by atoms with Crippen LogP contribution in [0.5, 0.6) is 0 Å². The second-order valence-corrected chi connectivity index (χ2v) is 3.85. The predicted octanol–water partition coefficient (Wildman–Crippen LogP) is 2.57. The number of anilines is 1. The van der Waals surface area contributed by atoms with E-state index in [2.05, 4.69) is 10.1 Å². The van der Waals surface area contributed by atoms with Crippen LogP contribution in [-0.4, -0.2) is 19.1 Å². The van der Waals surface area contributed by atoms with Gasteiger partial charge in [-0.05, 0) is 26.0 Å². The quantitative estimate of drug-likeness (QED) is 0.826. The summed E-state index contributed by atoms with van der Waals surface area (Å²) in [5.41, 5.74) is 0.0354. The molecule has 5 heteroatoms. The Bertz CT molecular complexity index is 409. The minimum absolute atomic E-state index is 0.0354. The lowest BCUT2D eigenvalue weighted by Gasteiger charge is -2.20. The molecule has 0 fully saturated rings. The molecule has 0 amide bonds. The van der Waals surface area contributed by atoms with E-state index in [0.717, 1.165) is 6.07 Å². The normalized spacial score (nSPS) is 13.9. The Morgan fingerprint density at radius 2 is 2.00 bits per heavy atom. The first-order valence-electron chi connectivity index (χ1n) is 5.25. The highest BCUT2D eigenvalue weighted by molar-refractivity contribution is 5.73. The summed E-state index contributed by atoms with van der Waals surface area (Å²) in [5.74, 6) is -2.73. The molecule has 0 aliphatic rings. The lowest BCUT2D eigenvalue weighted by Crippen LogP contribution is -2.31. The van der Waals surface area contributed by atoms with Crippen LogP contribution in [0.2, 0.25) is 0 Å². The minimum atomic E-state index is -0.948. The van der Waals surface area contributed by atoms with Crippen molar-refractivity contribution in [2.45, 2.75) is 19.9 Å². The van der Waals surface area contributed by atoms with Gasteiger partial charge in [0.2, 0.25) is 0 Å². The fraction of sp³-hybridized carbons (Fsp3) is 0.417. The highest BCUT2D eigenvalue weighted by atomic mass is 19.2. The van der Waals surface area contributed by atoms with Crippen molar-refractivity contribution in [3.05, 3.63) is 29.8 Å². The van der Waals surface area contributed by atoms with Gasteiger partial charge in [0, 0.05) is 6.04 Å². The zero-order chi connectivity index (χ0) is 13.0. The molecular formula is C12H15F2NO2. The summed E-state index contributed by atoms with van der Waals surface area (Å²) in [6, 6.07) is 3.49. The van der Waals surface area contributed by atoms with Gasteiger partial charge in [0.1, 0.15) is 0 Å². The van der Waals surface area contributed by atoms with Gasteiger partial charge in [-0.2, -0.15) is 0 Å². The van der Waals surface area contributed by atoms with E-state index < -0.39 is 23.5 Å². The number of nitrogens with one attached hydrogen (secondary N) is 1. The molecular weight excluding hydrogens is 228 g/mol. The van der Waals surface area contributed by atoms with E-state index in [-0.39, 0.29) is 11.7 Å². The SMILES string of the molecule is COC(=O)C(C)C(C)Nc1cccc(F)c1F. The average molecular weight is 243 g/mol. The van der Waals surface area contributed by atoms with Crippen LogP contribution in [0.1, 0.15) is 13.8 Å². The van der Waals surface area contributed by atoms with E-state index >= 15 is 0 Å². The lowest BCUT2D eigenvalue weighted by molar-refractivity contribution is -0.145. The van der Waals surface area contributed by atoms with Crippen LogP contribution in [-0.2, 0) is 9.53 Å². The van der Waals surface area contributed by atoms with Crippen molar-refractivity contribution in [2.24, 2.45) is 5.92 Å². The van der Waals surface area contributed by atoms with Crippen LogP contribution in [0.25, 0.3) is 0 Å². The number of carbonyl (C=O) groups excluding carboxylic acids is 1. The van der Waals surface area contributed by atoms with Crippen molar-refractivity contribution in [3.63, 3.8) is 0 Å². The van der Waals surface area contributed by atoms with Crippen LogP contribution in [0.15, 0.2) is 18.2 Å². The summed E-state index contributed by atoms with van der Waals surface area (Å²) in [5, 5.41) is 2.75. The van der Waals surface area contributed by atoms with E-state index in [1.54, 1.807) is 13.8 Å². The summed E-state index contributed by atoms with van der Waals surface area (Å²) in [7, 11) is 1.29. The standard InChI is InChI=1S/C12H15F2NO2/c1-7(12(16)17-3)8(2)15-10-6-4-5-9(13)11(10)14/h4-8,15H,1-3H3. The summed E-state index contributed by atoms with van der Waals surface area (Å²) in [4.78, 5) is 11.3. The van der Waals surface area contributed by atoms with Gasteiger partial charge in [-0.3, -0.25) is 4.79 Å². The Kier molecular flexibility index (Phi) is 4.43. The van der Waals surface area contributed by atoms with E-state index in [4.69, 9.17) is 0 Å². The first-order chi connectivity index (χ1) is 7.97. The number of hydrogen-bond acceptors (Lipinski definition) is 3. The van der Waals surface area contributed by atoms with E-state index in [9.17, 15) is 13.6 Å². The number of carbonyl (C=O) groups is 1. The highest BCUT2D eigenvalue weighted by Crippen LogP contribution is 2.19. The fourth-order valence-electron chi connectivity index (χ4n) is 1.38. The molecule has 17 heavy (non-hydrogen) atoms. The maximum absolute atomic E-state index is 13.4. The molecule has 2 unspecified atom stereocenters. The topological polar surface area (TPSA) is 38.3 Å². The molecule has 0 saturated carbocycles. The van der Waals surface area contributed by atoms with Crippen LogP contribution in [0, 0.1) is 17.6 Å². The Labute approximate surface area is 98.8 Å². The second-order valence-electron chi connectivity index (χ2n) is 3.85. The Hall–Kier alpha value is -1.65.